The zero-order chi connectivity index (χ0) is 13.8. The third-order valence-electron chi connectivity index (χ3n) is 2.83. The average molecular weight is 257 g/mol. The van der Waals surface area contributed by atoms with Crippen LogP contribution in [0.3, 0.4) is 0 Å². The molecule has 5 nitrogen and oxygen atoms in total. The predicted molar refractivity (Wildman–Crippen MR) is 72.3 cm³/mol. The van der Waals surface area contributed by atoms with Gasteiger partial charge >= 0.3 is 5.97 Å². The van der Waals surface area contributed by atoms with Crippen LogP contribution in [-0.2, 0) is 6.54 Å². The highest BCUT2D eigenvalue weighted by atomic mass is 16.4. The van der Waals surface area contributed by atoms with Crippen molar-refractivity contribution in [2.24, 2.45) is 0 Å². The van der Waals surface area contributed by atoms with E-state index in [1.807, 2.05) is 31.0 Å². The van der Waals surface area contributed by atoms with Crippen molar-refractivity contribution < 1.29 is 9.90 Å². The van der Waals surface area contributed by atoms with Gasteiger partial charge in [0.25, 0.3) is 0 Å². The van der Waals surface area contributed by atoms with Crippen molar-refractivity contribution in [2.45, 2.75) is 13.5 Å². The number of rotatable bonds is 4. The molecule has 2 aromatic heterocycles. The first-order valence-corrected chi connectivity index (χ1v) is 5.88. The van der Waals surface area contributed by atoms with E-state index in [1.165, 1.54) is 6.20 Å². The lowest BCUT2D eigenvalue weighted by molar-refractivity contribution is 0.0696. The van der Waals surface area contributed by atoms with Gasteiger partial charge in [0.2, 0.25) is 0 Å². The molecule has 5 heteroatoms. The van der Waals surface area contributed by atoms with Crippen LogP contribution in [0.5, 0.6) is 0 Å². The van der Waals surface area contributed by atoms with Gasteiger partial charge in [-0.25, -0.2) is 9.78 Å². The fourth-order valence-corrected chi connectivity index (χ4v) is 1.92. The quantitative estimate of drug-likeness (QED) is 0.908. The second-order valence-electron chi connectivity index (χ2n) is 4.38. The van der Waals surface area contributed by atoms with Gasteiger partial charge in [0, 0.05) is 32.2 Å². The Kier molecular flexibility index (Phi) is 3.75. The summed E-state index contributed by atoms with van der Waals surface area (Å²) in [4.78, 5) is 21.0. The summed E-state index contributed by atoms with van der Waals surface area (Å²) in [5, 5.41) is 8.91. The number of nitrogens with zero attached hydrogens (tertiary/aromatic N) is 3. The molecular weight excluding hydrogens is 242 g/mol. The summed E-state index contributed by atoms with van der Waals surface area (Å²) in [6, 6.07) is 5.52. The molecule has 0 fully saturated rings. The molecule has 0 bridgehead atoms. The lowest BCUT2D eigenvalue weighted by Gasteiger charge is -2.20. The van der Waals surface area contributed by atoms with Crippen LogP contribution < -0.4 is 4.90 Å². The number of pyridine rings is 2. The van der Waals surface area contributed by atoms with Crippen LogP contribution >= 0.6 is 0 Å². The van der Waals surface area contributed by atoms with Crippen molar-refractivity contribution in [3.8, 4) is 0 Å². The van der Waals surface area contributed by atoms with Crippen molar-refractivity contribution >= 4 is 11.8 Å². The number of carboxylic acid groups (broad SMARTS) is 1. The first-order valence-electron chi connectivity index (χ1n) is 5.88. The van der Waals surface area contributed by atoms with E-state index in [0.29, 0.717) is 6.54 Å². The summed E-state index contributed by atoms with van der Waals surface area (Å²) < 4.78 is 0. The molecule has 0 aromatic carbocycles. The van der Waals surface area contributed by atoms with Crippen LogP contribution in [0, 0.1) is 6.92 Å². The fourth-order valence-electron chi connectivity index (χ4n) is 1.92. The highest BCUT2D eigenvalue weighted by Crippen LogP contribution is 2.18. The van der Waals surface area contributed by atoms with Gasteiger partial charge in [0.1, 0.15) is 5.82 Å². The molecule has 0 spiro atoms. The van der Waals surface area contributed by atoms with E-state index in [0.717, 1.165) is 16.9 Å². The van der Waals surface area contributed by atoms with Gasteiger partial charge in [-0.1, -0.05) is 0 Å². The van der Waals surface area contributed by atoms with Gasteiger partial charge < -0.3 is 10.0 Å². The molecule has 0 aliphatic carbocycles. The number of hydrogen-bond acceptors (Lipinski definition) is 4. The van der Waals surface area contributed by atoms with Gasteiger partial charge in [0.15, 0.2) is 0 Å². The smallest absolute Gasteiger partial charge is 0.337 e. The summed E-state index contributed by atoms with van der Waals surface area (Å²) >= 11 is 0. The topological polar surface area (TPSA) is 66.3 Å². The summed E-state index contributed by atoms with van der Waals surface area (Å²) in [6.07, 6.45) is 4.88. The van der Waals surface area contributed by atoms with Crippen molar-refractivity contribution in [1.82, 2.24) is 9.97 Å². The van der Waals surface area contributed by atoms with Crippen molar-refractivity contribution in [3.05, 3.63) is 53.5 Å². The molecule has 0 saturated carbocycles. The minimum absolute atomic E-state index is 0.207. The van der Waals surface area contributed by atoms with Crippen molar-refractivity contribution in [2.75, 3.05) is 11.9 Å². The van der Waals surface area contributed by atoms with Crippen LogP contribution in [0.1, 0.15) is 21.5 Å². The molecule has 0 aliphatic heterocycles. The van der Waals surface area contributed by atoms with Crippen LogP contribution in [0.25, 0.3) is 0 Å². The van der Waals surface area contributed by atoms with Crippen molar-refractivity contribution in [3.63, 3.8) is 0 Å². The molecule has 0 atom stereocenters. The zero-order valence-corrected chi connectivity index (χ0v) is 10.9. The standard InChI is InChI=1S/C14H15N3O2/c1-10-7-12(14(18)19)8-16-13(10)17(2)9-11-3-5-15-6-4-11/h3-8H,9H2,1-2H3,(H,18,19). The van der Waals surface area contributed by atoms with Crippen molar-refractivity contribution in [1.29, 1.82) is 0 Å². The minimum Gasteiger partial charge on any atom is -0.478 e. The third kappa shape index (κ3) is 3.07. The maximum absolute atomic E-state index is 10.9. The maximum Gasteiger partial charge on any atom is 0.337 e. The number of carbonyl (C=O) groups is 1. The Labute approximate surface area is 111 Å². The van der Waals surface area contributed by atoms with Crippen LogP contribution in [0.4, 0.5) is 5.82 Å². The molecule has 2 heterocycles. The van der Waals surface area contributed by atoms with E-state index in [1.54, 1.807) is 18.5 Å². The molecule has 0 radical (unpaired) electrons. The van der Waals surface area contributed by atoms with E-state index in [-0.39, 0.29) is 5.56 Å². The molecule has 19 heavy (non-hydrogen) atoms. The second-order valence-corrected chi connectivity index (χ2v) is 4.38. The van der Waals surface area contributed by atoms with E-state index in [2.05, 4.69) is 9.97 Å². The number of aromatic nitrogens is 2. The molecule has 2 rings (SSSR count). The number of aromatic carboxylic acids is 1. The number of aryl methyl sites for hydroxylation is 1. The minimum atomic E-state index is -0.959. The van der Waals surface area contributed by atoms with Gasteiger partial charge in [-0.3, -0.25) is 4.98 Å². The first-order chi connectivity index (χ1) is 9.08. The Balaban J connectivity index is 2.20. The largest absolute Gasteiger partial charge is 0.478 e. The Hall–Kier alpha value is -2.43. The van der Waals surface area contributed by atoms with Crippen LogP contribution in [-0.4, -0.2) is 28.1 Å². The van der Waals surface area contributed by atoms with E-state index < -0.39 is 5.97 Å². The fraction of sp³-hybridized carbons (Fsp3) is 0.214. The van der Waals surface area contributed by atoms with E-state index in [4.69, 9.17) is 5.11 Å². The van der Waals surface area contributed by atoms with Crippen LogP contribution in [0.2, 0.25) is 0 Å². The summed E-state index contributed by atoms with van der Waals surface area (Å²) in [5.41, 5.74) is 2.18. The normalized spacial score (nSPS) is 10.2. The van der Waals surface area contributed by atoms with Gasteiger partial charge in [-0.15, -0.1) is 0 Å². The van der Waals surface area contributed by atoms with E-state index >= 15 is 0 Å². The number of carboxylic acids is 1. The molecule has 1 N–H and O–H groups in total. The van der Waals surface area contributed by atoms with Gasteiger partial charge in [0.05, 0.1) is 5.56 Å². The van der Waals surface area contributed by atoms with Gasteiger partial charge in [-0.05, 0) is 36.2 Å². The molecular formula is C14H15N3O2. The lowest BCUT2D eigenvalue weighted by atomic mass is 10.2. The second kappa shape index (κ2) is 5.48. The SMILES string of the molecule is Cc1cc(C(=O)O)cnc1N(C)Cc1ccncc1. The number of anilines is 1. The maximum atomic E-state index is 10.9. The molecule has 0 aliphatic rings. The zero-order valence-electron chi connectivity index (χ0n) is 10.9. The van der Waals surface area contributed by atoms with Gasteiger partial charge in [-0.2, -0.15) is 0 Å². The first kappa shape index (κ1) is 13.0. The lowest BCUT2D eigenvalue weighted by Crippen LogP contribution is -2.19. The molecule has 2 aromatic rings. The predicted octanol–water partition coefficient (Wildman–Crippen LogP) is 2.12. The summed E-state index contributed by atoms with van der Waals surface area (Å²) in [6.45, 7) is 2.56. The Bertz CT molecular complexity index is 584. The summed E-state index contributed by atoms with van der Waals surface area (Å²) in [7, 11) is 1.93. The molecule has 0 amide bonds. The highest BCUT2D eigenvalue weighted by Gasteiger charge is 2.10. The Morgan fingerprint density at radius 2 is 2.05 bits per heavy atom. The summed E-state index contributed by atoms with van der Waals surface area (Å²) in [5.74, 6) is -0.180. The molecule has 0 unspecified atom stereocenters. The molecule has 0 saturated heterocycles. The van der Waals surface area contributed by atoms with E-state index in [9.17, 15) is 4.79 Å². The third-order valence-corrected chi connectivity index (χ3v) is 2.83. The van der Waals surface area contributed by atoms with Crippen LogP contribution in [0.15, 0.2) is 36.8 Å². The average Bonchev–Trinajstić information content (AvgIpc) is 2.39. The monoisotopic (exact) mass is 257 g/mol. The number of hydrogen-bond donors (Lipinski definition) is 1. The highest BCUT2D eigenvalue weighted by molar-refractivity contribution is 5.87. The molecule has 98 valence electrons. The Morgan fingerprint density at radius 3 is 2.63 bits per heavy atom. The Morgan fingerprint density at radius 1 is 1.37 bits per heavy atom.